The van der Waals surface area contributed by atoms with Crippen molar-refractivity contribution < 1.29 is 18.0 Å². The van der Waals surface area contributed by atoms with Gasteiger partial charge in [-0.2, -0.15) is 0 Å². The third-order valence-corrected chi connectivity index (χ3v) is 9.43. The van der Waals surface area contributed by atoms with Crippen LogP contribution in [-0.2, 0) is 32.6 Å². The molecule has 0 heterocycles. The van der Waals surface area contributed by atoms with Crippen molar-refractivity contribution in [3.63, 3.8) is 0 Å². The van der Waals surface area contributed by atoms with Gasteiger partial charge >= 0.3 is 0 Å². The van der Waals surface area contributed by atoms with Crippen molar-refractivity contribution >= 4 is 27.5 Å². The van der Waals surface area contributed by atoms with E-state index in [9.17, 15) is 18.0 Å². The summed E-state index contributed by atoms with van der Waals surface area (Å²) in [7, 11) is -4.12. The van der Waals surface area contributed by atoms with Crippen molar-refractivity contribution in [1.82, 2.24) is 10.2 Å². The van der Waals surface area contributed by atoms with Crippen molar-refractivity contribution in [1.29, 1.82) is 0 Å². The number of sulfonamides is 1. The van der Waals surface area contributed by atoms with Crippen molar-refractivity contribution in [2.45, 2.75) is 64.1 Å². The lowest BCUT2D eigenvalue weighted by Crippen LogP contribution is -2.54. The molecule has 0 bridgehead atoms. The molecule has 8 heteroatoms. The molecule has 0 saturated heterocycles. The second-order valence-electron chi connectivity index (χ2n) is 11.2. The average molecular weight is 612 g/mol. The van der Waals surface area contributed by atoms with Crippen LogP contribution in [0.5, 0.6) is 0 Å². The summed E-state index contributed by atoms with van der Waals surface area (Å²) in [6.45, 7) is 7.43. The second kappa shape index (κ2) is 14.8. The highest BCUT2D eigenvalue weighted by molar-refractivity contribution is 7.92. The summed E-state index contributed by atoms with van der Waals surface area (Å²) in [5.74, 6) is -0.761. The fourth-order valence-corrected chi connectivity index (χ4v) is 6.34. The molecule has 0 fully saturated rings. The molecule has 4 aromatic carbocycles. The lowest BCUT2D eigenvalue weighted by molar-refractivity contribution is -0.140. The summed E-state index contributed by atoms with van der Waals surface area (Å²) in [5.41, 5.74) is 4.04. The molecule has 0 saturated carbocycles. The normalized spacial score (nSPS) is 12.6. The summed E-state index contributed by atoms with van der Waals surface area (Å²) in [5, 5.41) is 3.06. The number of aryl methyl sites for hydroxylation is 2. The van der Waals surface area contributed by atoms with Crippen LogP contribution in [0.15, 0.2) is 114 Å². The number of carbonyl (C=O) groups excluding carboxylic acids is 2. The molecular formula is C36H41N3O4S. The predicted molar refractivity (Wildman–Crippen MR) is 176 cm³/mol. The zero-order valence-electron chi connectivity index (χ0n) is 25.8. The predicted octanol–water partition coefficient (Wildman–Crippen LogP) is 6.05. The first-order valence-corrected chi connectivity index (χ1v) is 16.4. The third kappa shape index (κ3) is 8.35. The van der Waals surface area contributed by atoms with E-state index in [0.717, 1.165) is 33.0 Å². The van der Waals surface area contributed by atoms with Crippen LogP contribution in [0.4, 0.5) is 5.69 Å². The molecule has 2 amide bonds. The van der Waals surface area contributed by atoms with E-state index in [0.29, 0.717) is 5.69 Å². The Morgan fingerprint density at radius 2 is 1.41 bits per heavy atom. The molecule has 7 nitrogen and oxygen atoms in total. The Kier molecular flexibility index (Phi) is 11.0. The first-order chi connectivity index (χ1) is 21.1. The van der Waals surface area contributed by atoms with Gasteiger partial charge in [-0.05, 0) is 68.1 Å². The van der Waals surface area contributed by atoms with Crippen LogP contribution in [0, 0.1) is 13.8 Å². The standard InChI is InChI=1S/C36H41N3O4S/c1-5-29(4)37-36(41)34(24-30-14-8-6-9-15-30)38(25-31-21-19-27(2)20-22-31)35(40)26-39(32-16-12-13-28(3)23-32)44(42,43)33-17-10-7-11-18-33/h6-23,29,34H,5,24-26H2,1-4H3,(H,37,41)/t29-,34-/m0/s1. The smallest absolute Gasteiger partial charge is 0.264 e. The largest absolute Gasteiger partial charge is 0.352 e. The van der Waals surface area contributed by atoms with Gasteiger partial charge in [-0.15, -0.1) is 0 Å². The van der Waals surface area contributed by atoms with Crippen molar-refractivity contribution in [2.75, 3.05) is 10.8 Å². The molecule has 230 valence electrons. The number of amides is 2. The number of nitrogens with one attached hydrogen (secondary N) is 1. The fourth-order valence-electron chi connectivity index (χ4n) is 4.92. The van der Waals surface area contributed by atoms with Crippen LogP contribution in [-0.4, -0.2) is 43.8 Å². The molecule has 0 aliphatic rings. The van der Waals surface area contributed by atoms with Gasteiger partial charge in [-0.25, -0.2) is 8.42 Å². The maximum absolute atomic E-state index is 14.5. The molecule has 44 heavy (non-hydrogen) atoms. The molecule has 2 atom stereocenters. The highest BCUT2D eigenvalue weighted by atomic mass is 32.2. The zero-order chi connectivity index (χ0) is 31.7. The SMILES string of the molecule is CC[C@H](C)NC(=O)[C@H](Cc1ccccc1)N(Cc1ccc(C)cc1)C(=O)CN(c1cccc(C)c1)S(=O)(=O)c1ccccc1. The Balaban J connectivity index is 1.80. The molecule has 0 aliphatic heterocycles. The highest BCUT2D eigenvalue weighted by Gasteiger charge is 2.35. The first-order valence-electron chi connectivity index (χ1n) is 14.9. The van der Waals surface area contributed by atoms with Gasteiger partial charge in [0.15, 0.2) is 0 Å². The molecule has 0 aromatic heterocycles. The minimum Gasteiger partial charge on any atom is -0.352 e. The average Bonchev–Trinajstić information content (AvgIpc) is 3.03. The minimum absolute atomic E-state index is 0.0785. The monoisotopic (exact) mass is 611 g/mol. The van der Waals surface area contributed by atoms with Crippen LogP contribution in [0.1, 0.15) is 42.5 Å². The number of hydrogen-bond donors (Lipinski definition) is 1. The number of benzene rings is 4. The molecular weight excluding hydrogens is 570 g/mol. The molecule has 0 radical (unpaired) electrons. The van der Waals surface area contributed by atoms with Crippen LogP contribution < -0.4 is 9.62 Å². The molecule has 4 rings (SSSR count). The summed E-state index contributed by atoms with van der Waals surface area (Å²) in [6, 6.07) is 31.5. The number of hydrogen-bond acceptors (Lipinski definition) is 4. The lowest BCUT2D eigenvalue weighted by Gasteiger charge is -2.34. The van der Waals surface area contributed by atoms with E-state index in [-0.39, 0.29) is 29.8 Å². The van der Waals surface area contributed by atoms with Crippen LogP contribution in [0.3, 0.4) is 0 Å². The van der Waals surface area contributed by atoms with E-state index in [1.807, 2.05) is 88.4 Å². The van der Waals surface area contributed by atoms with E-state index >= 15 is 0 Å². The van der Waals surface area contributed by atoms with E-state index in [2.05, 4.69) is 5.32 Å². The fraction of sp³-hybridized carbons (Fsp3) is 0.278. The van der Waals surface area contributed by atoms with Crippen LogP contribution in [0.25, 0.3) is 0 Å². The molecule has 4 aromatic rings. The van der Waals surface area contributed by atoms with E-state index < -0.39 is 28.5 Å². The number of nitrogens with zero attached hydrogens (tertiary/aromatic N) is 2. The van der Waals surface area contributed by atoms with Gasteiger partial charge in [0.2, 0.25) is 11.8 Å². The lowest BCUT2D eigenvalue weighted by atomic mass is 10.0. The van der Waals surface area contributed by atoms with Gasteiger partial charge in [0, 0.05) is 19.0 Å². The molecule has 0 aliphatic carbocycles. The Labute approximate surface area is 261 Å². The minimum atomic E-state index is -4.12. The number of carbonyl (C=O) groups is 2. The summed E-state index contributed by atoms with van der Waals surface area (Å²) in [4.78, 5) is 30.0. The zero-order valence-corrected chi connectivity index (χ0v) is 26.6. The van der Waals surface area contributed by atoms with Gasteiger partial charge in [0.05, 0.1) is 10.6 Å². The third-order valence-electron chi connectivity index (χ3n) is 7.65. The quantitative estimate of drug-likeness (QED) is 0.199. The van der Waals surface area contributed by atoms with Gasteiger partial charge in [0.1, 0.15) is 12.6 Å². The first kappa shape index (κ1) is 32.5. The Bertz CT molecular complexity index is 1640. The van der Waals surface area contributed by atoms with Crippen LogP contribution >= 0.6 is 0 Å². The second-order valence-corrected chi connectivity index (χ2v) is 13.1. The number of anilines is 1. The maximum Gasteiger partial charge on any atom is 0.264 e. The Morgan fingerprint density at radius 1 is 0.773 bits per heavy atom. The van der Waals surface area contributed by atoms with E-state index in [4.69, 9.17) is 0 Å². The van der Waals surface area contributed by atoms with Crippen molar-refractivity contribution in [3.05, 3.63) is 131 Å². The van der Waals surface area contributed by atoms with E-state index in [1.165, 1.54) is 17.0 Å². The summed E-state index contributed by atoms with van der Waals surface area (Å²) < 4.78 is 29.3. The molecule has 0 spiro atoms. The molecule has 0 unspecified atom stereocenters. The van der Waals surface area contributed by atoms with E-state index in [1.54, 1.807) is 36.4 Å². The van der Waals surface area contributed by atoms with Gasteiger partial charge in [-0.3, -0.25) is 13.9 Å². The topological polar surface area (TPSA) is 86.8 Å². The Morgan fingerprint density at radius 3 is 2.02 bits per heavy atom. The summed E-state index contributed by atoms with van der Waals surface area (Å²) >= 11 is 0. The van der Waals surface area contributed by atoms with Gasteiger partial charge in [-0.1, -0.05) is 97.4 Å². The van der Waals surface area contributed by atoms with Crippen molar-refractivity contribution in [3.8, 4) is 0 Å². The Hall–Kier alpha value is -4.43. The van der Waals surface area contributed by atoms with Gasteiger partial charge in [0.25, 0.3) is 10.0 Å². The maximum atomic E-state index is 14.5. The summed E-state index contributed by atoms with van der Waals surface area (Å²) in [6.07, 6.45) is 1.00. The van der Waals surface area contributed by atoms with Gasteiger partial charge < -0.3 is 10.2 Å². The van der Waals surface area contributed by atoms with Crippen molar-refractivity contribution in [2.24, 2.45) is 0 Å². The number of rotatable bonds is 13. The molecule has 1 N–H and O–H groups in total. The highest BCUT2D eigenvalue weighted by Crippen LogP contribution is 2.26. The van der Waals surface area contributed by atoms with Crippen LogP contribution in [0.2, 0.25) is 0 Å².